The van der Waals surface area contributed by atoms with Crippen molar-refractivity contribution in [2.45, 2.75) is 19.0 Å². The fourth-order valence-corrected chi connectivity index (χ4v) is 2.62. The highest BCUT2D eigenvalue weighted by molar-refractivity contribution is 5.26. The first-order valence-electron chi connectivity index (χ1n) is 6.85. The van der Waals surface area contributed by atoms with Crippen molar-refractivity contribution in [3.8, 4) is 5.75 Å². The van der Waals surface area contributed by atoms with Crippen LogP contribution in [0.4, 0.5) is 0 Å². The minimum Gasteiger partial charge on any atom is -0.508 e. The number of aromatic nitrogens is 2. The Kier molecular flexibility index (Phi) is 3.71. The van der Waals surface area contributed by atoms with Crippen molar-refractivity contribution in [2.75, 3.05) is 13.2 Å². The van der Waals surface area contributed by atoms with Crippen LogP contribution in [0.1, 0.15) is 23.7 Å². The van der Waals surface area contributed by atoms with E-state index in [0.717, 1.165) is 30.9 Å². The predicted octanol–water partition coefficient (Wildman–Crippen LogP) is 1.67. The van der Waals surface area contributed by atoms with E-state index in [2.05, 4.69) is 9.55 Å². The molecular weight excluding hydrogens is 254 g/mol. The van der Waals surface area contributed by atoms with E-state index in [-0.39, 0.29) is 11.8 Å². The first-order chi connectivity index (χ1) is 9.74. The summed E-state index contributed by atoms with van der Waals surface area (Å²) >= 11 is 0. The summed E-state index contributed by atoms with van der Waals surface area (Å²) in [7, 11) is 0. The molecule has 0 radical (unpaired) electrons. The van der Waals surface area contributed by atoms with E-state index in [1.54, 1.807) is 18.5 Å². The Hall–Kier alpha value is -1.85. The Morgan fingerprint density at radius 3 is 2.90 bits per heavy atom. The van der Waals surface area contributed by atoms with E-state index in [1.165, 1.54) is 0 Å². The van der Waals surface area contributed by atoms with Crippen LogP contribution in [0.25, 0.3) is 0 Å². The normalized spacial score (nSPS) is 20.1. The van der Waals surface area contributed by atoms with E-state index in [4.69, 9.17) is 10.5 Å². The Labute approximate surface area is 118 Å². The van der Waals surface area contributed by atoms with Gasteiger partial charge in [0.25, 0.3) is 0 Å². The van der Waals surface area contributed by atoms with Gasteiger partial charge in [-0.05, 0) is 24.1 Å². The second kappa shape index (κ2) is 5.64. The van der Waals surface area contributed by atoms with Crippen LogP contribution in [-0.4, -0.2) is 27.9 Å². The summed E-state index contributed by atoms with van der Waals surface area (Å²) in [6, 6.07) is 7.15. The molecule has 20 heavy (non-hydrogen) atoms. The lowest BCUT2D eigenvalue weighted by atomic mass is 9.97. The zero-order valence-electron chi connectivity index (χ0n) is 11.3. The third kappa shape index (κ3) is 2.69. The Morgan fingerprint density at radius 2 is 2.20 bits per heavy atom. The monoisotopic (exact) mass is 273 g/mol. The van der Waals surface area contributed by atoms with Crippen molar-refractivity contribution in [2.24, 2.45) is 11.7 Å². The molecule has 0 spiro atoms. The molecule has 1 aromatic carbocycles. The topological polar surface area (TPSA) is 73.3 Å². The highest BCUT2D eigenvalue weighted by atomic mass is 16.5. The smallest absolute Gasteiger partial charge is 0.115 e. The van der Waals surface area contributed by atoms with Crippen molar-refractivity contribution in [1.29, 1.82) is 0 Å². The van der Waals surface area contributed by atoms with Crippen molar-refractivity contribution in [3.63, 3.8) is 0 Å². The van der Waals surface area contributed by atoms with Gasteiger partial charge in [-0.3, -0.25) is 0 Å². The molecule has 0 bridgehead atoms. The summed E-state index contributed by atoms with van der Waals surface area (Å²) < 4.78 is 7.48. The predicted molar refractivity (Wildman–Crippen MR) is 75.3 cm³/mol. The molecule has 2 atom stereocenters. The van der Waals surface area contributed by atoms with Crippen molar-refractivity contribution in [1.82, 2.24) is 9.55 Å². The number of phenols is 1. The summed E-state index contributed by atoms with van der Waals surface area (Å²) in [6.45, 7) is 2.23. The van der Waals surface area contributed by atoms with Crippen LogP contribution in [0.15, 0.2) is 36.8 Å². The van der Waals surface area contributed by atoms with Gasteiger partial charge in [-0.15, -0.1) is 0 Å². The number of nitrogens with zero attached hydrogens (tertiary/aromatic N) is 2. The second-order valence-corrected chi connectivity index (χ2v) is 5.26. The highest BCUT2D eigenvalue weighted by Crippen LogP contribution is 2.26. The number of ether oxygens (including phenoxy) is 1. The maximum Gasteiger partial charge on any atom is 0.115 e. The molecule has 0 amide bonds. The number of hydrogen-bond donors (Lipinski definition) is 2. The molecule has 2 unspecified atom stereocenters. The molecular formula is C15H19N3O2. The minimum absolute atomic E-state index is 0.0443. The molecule has 5 nitrogen and oxygen atoms in total. The maximum absolute atomic E-state index is 9.32. The lowest BCUT2D eigenvalue weighted by Gasteiger charge is -2.19. The third-order valence-electron chi connectivity index (χ3n) is 3.85. The molecule has 1 fully saturated rings. The molecule has 1 aliphatic rings. The van der Waals surface area contributed by atoms with Gasteiger partial charge in [0.1, 0.15) is 5.75 Å². The lowest BCUT2D eigenvalue weighted by Crippen LogP contribution is -2.24. The van der Waals surface area contributed by atoms with Gasteiger partial charge in [0.2, 0.25) is 0 Å². The molecule has 106 valence electrons. The largest absolute Gasteiger partial charge is 0.508 e. The number of nitrogens with two attached hydrogens (primary N) is 1. The highest BCUT2D eigenvalue weighted by Gasteiger charge is 2.26. The molecule has 2 aromatic rings. The van der Waals surface area contributed by atoms with Crippen LogP contribution in [0, 0.1) is 5.92 Å². The van der Waals surface area contributed by atoms with Crippen molar-refractivity contribution >= 4 is 0 Å². The number of aromatic hydroxyl groups is 1. The van der Waals surface area contributed by atoms with Gasteiger partial charge >= 0.3 is 0 Å². The summed E-state index contributed by atoms with van der Waals surface area (Å²) in [4.78, 5) is 4.22. The van der Waals surface area contributed by atoms with Gasteiger partial charge in [-0.25, -0.2) is 4.98 Å². The summed E-state index contributed by atoms with van der Waals surface area (Å²) in [5.41, 5.74) is 8.49. The quantitative estimate of drug-likeness (QED) is 0.888. The molecule has 5 heteroatoms. The van der Waals surface area contributed by atoms with E-state index < -0.39 is 0 Å². The van der Waals surface area contributed by atoms with Crippen LogP contribution in [-0.2, 0) is 11.3 Å². The average molecular weight is 273 g/mol. The number of phenolic OH excluding ortho intramolecular Hbond substituents is 1. The number of benzene rings is 1. The first-order valence-corrected chi connectivity index (χ1v) is 6.85. The first kappa shape index (κ1) is 13.1. The number of hydrogen-bond acceptors (Lipinski definition) is 4. The van der Waals surface area contributed by atoms with E-state index in [1.807, 2.05) is 18.3 Å². The average Bonchev–Trinajstić information content (AvgIpc) is 3.12. The Balaban J connectivity index is 1.77. The van der Waals surface area contributed by atoms with Crippen molar-refractivity contribution in [3.05, 3.63) is 48.0 Å². The molecule has 1 saturated heterocycles. The fourth-order valence-electron chi connectivity index (χ4n) is 2.62. The van der Waals surface area contributed by atoms with Gasteiger partial charge < -0.3 is 20.1 Å². The molecule has 1 aromatic heterocycles. The Bertz CT molecular complexity index is 559. The summed E-state index contributed by atoms with van der Waals surface area (Å²) in [5, 5.41) is 9.32. The van der Waals surface area contributed by atoms with Gasteiger partial charge in [0, 0.05) is 25.3 Å². The van der Waals surface area contributed by atoms with Crippen LogP contribution in [0.3, 0.4) is 0 Å². The molecule has 1 aliphatic heterocycles. The Morgan fingerprint density at radius 1 is 1.40 bits per heavy atom. The fraction of sp³-hybridized carbons (Fsp3) is 0.400. The van der Waals surface area contributed by atoms with Crippen LogP contribution in [0.5, 0.6) is 5.75 Å². The zero-order valence-corrected chi connectivity index (χ0v) is 11.3. The molecule has 0 aliphatic carbocycles. The molecule has 3 N–H and O–H groups in total. The second-order valence-electron chi connectivity index (χ2n) is 5.26. The van der Waals surface area contributed by atoms with Crippen molar-refractivity contribution < 1.29 is 9.84 Å². The van der Waals surface area contributed by atoms with E-state index >= 15 is 0 Å². The lowest BCUT2D eigenvalue weighted by molar-refractivity contribution is 0.180. The van der Waals surface area contributed by atoms with Gasteiger partial charge in [-0.2, -0.15) is 0 Å². The number of imidazole rings is 1. The minimum atomic E-state index is -0.0443. The summed E-state index contributed by atoms with van der Waals surface area (Å²) in [5.74, 6) is 0.643. The van der Waals surface area contributed by atoms with Crippen LogP contribution < -0.4 is 5.73 Å². The van der Waals surface area contributed by atoms with Gasteiger partial charge in [0.15, 0.2) is 0 Å². The maximum atomic E-state index is 9.32. The van der Waals surface area contributed by atoms with Crippen LogP contribution in [0.2, 0.25) is 0 Å². The molecule has 2 heterocycles. The van der Waals surface area contributed by atoms with E-state index in [0.29, 0.717) is 12.5 Å². The standard InChI is InChI=1S/C15H19N3O2/c16-15(12-5-6-20-9-12)14-7-17-10-18(14)8-11-1-3-13(19)4-2-11/h1-4,7,10,12,15,19H,5-6,8-9,16H2. The molecule has 0 saturated carbocycles. The SMILES string of the molecule is NC(c1cncn1Cc1ccc(O)cc1)C1CCOC1. The molecule has 3 rings (SSSR count). The van der Waals surface area contributed by atoms with Crippen LogP contribution >= 0.6 is 0 Å². The van der Waals surface area contributed by atoms with E-state index in [9.17, 15) is 5.11 Å². The van der Waals surface area contributed by atoms with Gasteiger partial charge in [0.05, 0.1) is 24.7 Å². The summed E-state index contributed by atoms with van der Waals surface area (Å²) in [6.07, 6.45) is 4.65. The zero-order chi connectivity index (χ0) is 13.9. The van der Waals surface area contributed by atoms with Gasteiger partial charge in [-0.1, -0.05) is 12.1 Å². The third-order valence-corrected chi connectivity index (χ3v) is 3.85. The number of rotatable bonds is 4.